The average molecular weight is 306 g/mol. The first-order chi connectivity index (χ1) is 8.66. The highest BCUT2D eigenvalue weighted by Gasteiger charge is 2.18. The molecule has 1 amide bonds. The Morgan fingerprint density at radius 3 is 2.61 bits per heavy atom. The van der Waals surface area contributed by atoms with Gasteiger partial charge < -0.3 is 11.1 Å². The van der Waals surface area contributed by atoms with Crippen molar-refractivity contribution < 1.29 is 4.79 Å². The van der Waals surface area contributed by atoms with Crippen molar-refractivity contribution in [2.75, 3.05) is 5.32 Å². The highest BCUT2D eigenvalue weighted by molar-refractivity contribution is 9.10. The molecule has 2 rings (SSSR count). The van der Waals surface area contributed by atoms with E-state index in [1.165, 1.54) is 0 Å². The molecule has 3 N–H and O–H groups in total. The molecular weight excluding hydrogens is 294 g/mol. The second-order valence-corrected chi connectivity index (χ2v) is 4.70. The van der Waals surface area contributed by atoms with Crippen molar-refractivity contribution in [2.24, 2.45) is 5.73 Å². The lowest BCUT2D eigenvalue weighted by Gasteiger charge is -2.16. The van der Waals surface area contributed by atoms with Gasteiger partial charge in [0.15, 0.2) is 0 Å². The van der Waals surface area contributed by atoms with Crippen LogP contribution in [0.3, 0.4) is 0 Å². The Hall–Kier alpha value is -1.88. The third kappa shape index (κ3) is 3.07. The summed E-state index contributed by atoms with van der Waals surface area (Å²) in [7, 11) is 0. The minimum absolute atomic E-state index is 0.446. The predicted octanol–water partition coefficient (Wildman–Crippen LogP) is 2.48. The van der Waals surface area contributed by atoms with Crippen molar-refractivity contribution in [1.82, 2.24) is 4.98 Å². The molecule has 1 aromatic heterocycles. The first-order valence-electron chi connectivity index (χ1n) is 5.38. The van der Waals surface area contributed by atoms with Crippen LogP contribution in [0.25, 0.3) is 0 Å². The number of halogens is 1. The van der Waals surface area contributed by atoms with Crippen LogP contribution in [0.1, 0.15) is 11.6 Å². The Balaban J connectivity index is 2.27. The number of hydrogen-bond donors (Lipinski definition) is 2. The molecule has 18 heavy (non-hydrogen) atoms. The average Bonchev–Trinajstić information content (AvgIpc) is 2.37. The van der Waals surface area contributed by atoms with E-state index in [9.17, 15) is 4.79 Å². The molecule has 4 nitrogen and oxygen atoms in total. The van der Waals surface area contributed by atoms with Gasteiger partial charge in [0.05, 0.1) is 0 Å². The molecule has 0 aliphatic rings. The zero-order valence-corrected chi connectivity index (χ0v) is 11.1. The number of anilines is 1. The van der Waals surface area contributed by atoms with Crippen molar-refractivity contribution >= 4 is 27.5 Å². The number of nitrogens with zero attached hydrogens (tertiary/aromatic N) is 1. The molecule has 1 aromatic carbocycles. The molecule has 0 fully saturated rings. The summed E-state index contributed by atoms with van der Waals surface area (Å²) < 4.78 is 0.807. The van der Waals surface area contributed by atoms with Gasteiger partial charge in [0, 0.05) is 28.1 Å². The minimum Gasteiger partial charge on any atom is -0.370 e. The van der Waals surface area contributed by atoms with E-state index in [-0.39, 0.29) is 0 Å². The standard InChI is InChI=1S/C13H12BrN3O/c14-10-6-9(7-16-8-10)12(13(15)18)17-11-4-2-1-3-5-11/h1-8,12,17H,(H2,15,18). The Bertz CT molecular complexity index is 545. The second-order valence-electron chi connectivity index (χ2n) is 3.78. The molecular formula is C13H12BrN3O. The number of nitrogens with two attached hydrogens (primary N) is 1. The molecule has 0 saturated carbocycles. The van der Waals surface area contributed by atoms with E-state index in [0.29, 0.717) is 0 Å². The van der Waals surface area contributed by atoms with Crippen LogP contribution in [0.2, 0.25) is 0 Å². The molecule has 0 spiro atoms. The number of para-hydroxylation sites is 1. The molecule has 0 saturated heterocycles. The van der Waals surface area contributed by atoms with Gasteiger partial charge in [0.25, 0.3) is 0 Å². The Labute approximate surface area is 113 Å². The summed E-state index contributed by atoms with van der Waals surface area (Å²) >= 11 is 3.32. The number of rotatable bonds is 4. The number of carbonyl (C=O) groups is 1. The van der Waals surface area contributed by atoms with E-state index < -0.39 is 11.9 Å². The van der Waals surface area contributed by atoms with Crippen LogP contribution in [0.15, 0.2) is 53.3 Å². The van der Waals surface area contributed by atoms with Gasteiger partial charge in [-0.25, -0.2) is 0 Å². The van der Waals surface area contributed by atoms with Gasteiger partial charge in [-0.05, 0) is 34.1 Å². The lowest BCUT2D eigenvalue weighted by molar-refractivity contribution is -0.118. The number of benzene rings is 1. The lowest BCUT2D eigenvalue weighted by atomic mass is 10.1. The topological polar surface area (TPSA) is 68.0 Å². The molecule has 92 valence electrons. The number of nitrogens with one attached hydrogen (secondary N) is 1. The van der Waals surface area contributed by atoms with Crippen LogP contribution in [0.4, 0.5) is 5.69 Å². The van der Waals surface area contributed by atoms with Crippen molar-refractivity contribution in [3.05, 3.63) is 58.8 Å². The van der Waals surface area contributed by atoms with Crippen molar-refractivity contribution in [2.45, 2.75) is 6.04 Å². The fraction of sp³-hybridized carbons (Fsp3) is 0.0769. The van der Waals surface area contributed by atoms with E-state index in [4.69, 9.17) is 5.73 Å². The summed E-state index contributed by atoms with van der Waals surface area (Å²) in [5.74, 6) is -0.446. The largest absolute Gasteiger partial charge is 0.370 e. The summed E-state index contributed by atoms with van der Waals surface area (Å²) in [4.78, 5) is 15.6. The number of carbonyl (C=O) groups excluding carboxylic acids is 1. The number of amides is 1. The maximum absolute atomic E-state index is 11.5. The third-order valence-corrected chi connectivity index (χ3v) is 2.86. The minimum atomic E-state index is -0.600. The van der Waals surface area contributed by atoms with Crippen LogP contribution < -0.4 is 11.1 Å². The van der Waals surface area contributed by atoms with E-state index >= 15 is 0 Å². The maximum atomic E-state index is 11.5. The lowest BCUT2D eigenvalue weighted by Crippen LogP contribution is -2.27. The maximum Gasteiger partial charge on any atom is 0.244 e. The summed E-state index contributed by atoms with van der Waals surface area (Å²) in [6.07, 6.45) is 3.28. The molecule has 0 aliphatic heterocycles. The van der Waals surface area contributed by atoms with Crippen molar-refractivity contribution in [3.8, 4) is 0 Å². The molecule has 1 atom stereocenters. The molecule has 1 unspecified atom stereocenters. The van der Waals surface area contributed by atoms with Crippen LogP contribution in [0.5, 0.6) is 0 Å². The quantitative estimate of drug-likeness (QED) is 0.912. The van der Waals surface area contributed by atoms with Gasteiger partial charge in [-0.2, -0.15) is 0 Å². The predicted molar refractivity (Wildman–Crippen MR) is 73.9 cm³/mol. The van der Waals surface area contributed by atoms with E-state index in [1.807, 2.05) is 36.4 Å². The van der Waals surface area contributed by atoms with Gasteiger partial charge in [-0.15, -0.1) is 0 Å². The van der Waals surface area contributed by atoms with Crippen LogP contribution >= 0.6 is 15.9 Å². The van der Waals surface area contributed by atoms with Gasteiger partial charge in [-0.1, -0.05) is 18.2 Å². The highest BCUT2D eigenvalue weighted by atomic mass is 79.9. The molecule has 1 heterocycles. The Morgan fingerprint density at radius 1 is 1.28 bits per heavy atom. The molecule has 0 bridgehead atoms. The summed E-state index contributed by atoms with van der Waals surface area (Å²) in [6.45, 7) is 0. The van der Waals surface area contributed by atoms with Crippen LogP contribution in [-0.4, -0.2) is 10.9 Å². The first kappa shape index (κ1) is 12.6. The molecule has 5 heteroatoms. The van der Waals surface area contributed by atoms with Crippen LogP contribution in [0, 0.1) is 0 Å². The normalized spacial score (nSPS) is 11.8. The first-order valence-corrected chi connectivity index (χ1v) is 6.17. The van der Waals surface area contributed by atoms with Gasteiger partial charge in [0.2, 0.25) is 5.91 Å². The number of hydrogen-bond acceptors (Lipinski definition) is 3. The fourth-order valence-corrected chi connectivity index (χ4v) is 1.99. The van der Waals surface area contributed by atoms with Gasteiger partial charge in [0.1, 0.15) is 6.04 Å². The van der Waals surface area contributed by atoms with Gasteiger partial charge in [-0.3, -0.25) is 9.78 Å². The Kier molecular flexibility index (Phi) is 3.94. The van der Waals surface area contributed by atoms with Crippen molar-refractivity contribution in [1.29, 1.82) is 0 Å². The second kappa shape index (κ2) is 5.64. The smallest absolute Gasteiger partial charge is 0.244 e. The van der Waals surface area contributed by atoms with E-state index in [0.717, 1.165) is 15.7 Å². The third-order valence-electron chi connectivity index (χ3n) is 2.43. The number of aromatic nitrogens is 1. The molecule has 2 aromatic rings. The summed E-state index contributed by atoms with van der Waals surface area (Å²) in [5, 5.41) is 3.09. The van der Waals surface area contributed by atoms with Gasteiger partial charge >= 0.3 is 0 Å². The number of pyridine rings is 1. The molecule has 0 aliphatic carbocycles. The summed E-state index contributed by atoms with van der Waals surface area (Å²) in [6, 6.07) is 10.7. The zero-order chi connectivity index (χ0) is 13.0. The van der Waals surface area contributed by atoms with E-state index in [1.54, 1.807) is 12.4 Å². The number of primary amides is 1. The zero-order valence-electron chi connectivity index (χ0n) is 9.51. The fourth-order valence-electron chi connectivity index (χ4n) is 1.61. The van der Waals surface area contributed by atoms with Crippen LogP contribution in [-0.2, 0) is 4.79 Å². The highest BCUT2D eigenvalue weighted by Crippen LogP contribution is 2.21. The SMILES string of the molecule is NC(=O)C(Nc1ccccc1)c1cncc(Br)c1. The molecule has 0 radical (unpaired) electrons. The Morgan fingerprint density at radius 2 is 2.00 bits per heavy atom. The van der Waals surface area contributed by atoms with Crippen molar-refractivity contribution in [3.63, 3.8) is 0 Å². The monoisotopic (exact) mass is 305 g/mol. The van der Waals surface area contributed by atoms with E-state index in [2.05, 4.69) is 26.2 Å². The summed E-state index contributed by atoms with van der Waals surface area (Å²) in [5.41, 5.74) is 6.98.